The van der Waals surface area contributed by atoms with Crippen LogP contribution in [0.25, 0.3) is 0 Å². The molecule has 0 radical (unpaired) electrons. The number of carboxylic acid groups (broad SMARTS) is 1. The third-order valence-electron chi connectivity index (χ3n) is 4.03. The minimum absolute atomic E-state index is 0.137. The average molecular weight is 292 g/mol. The number of anilines is 1. The van der Waals surface area contributed by atoms with Gasteiger partial charge in [0.15, 0.2) is 0 Å². The van der Waals surface area contributed by atoms with Gasteiger partial charge in [0, 0.05) is 36.8 Å². The Kier molecular flexibility index (Phi) is 4.77. The molecule has 1 heterocycles. The van der Waals surface area contributed by atoms with Crippen LogP contribution in [0.5, 0.6) is 0 Å². The molecule has 1 aliphatic rings. The Labute approximate surface area is 123 Å². The van der Waals surface area contributed by atoms with Crippen LogP contribution in [0.15, 0.2) is 18.2 Å². The number of carboxylic acids is 1. The first-order valence-electron chi connectivity index (χ1n) is 7.19. The zero-order valence-electron chi connectivity index (χ0n) is 12.1. The molecule has 114 valence electrons. The van der Waals surface area contributed by atoms with Crippen molar-refractivity contribution in [1.29, 1.82) is 0 Å². The maximum absolute atomic E-state index is 10.8. The molecule has 0 saturated carbocycles. The molecule has 1 unspecified atom stereocenters. The molecule has 1 aromatic rings. The Morgan fingerprint density at radius 3 is 2.90 bits per heavy atom. The van der Waals surface area contributed by atoms with Crippen LogP contribution < -0.4 is 4.90 Å². The maximum Gasteiger partial charge on any atom is 0.303 e. The summed E-state index contributed by atoms with van der Waals surface area (Å²) in [6, 6.07) is 5.17. The third-order valence-corrected chi connectivity index (χ3v) is 4.03. The van der Waals surface area contributed by atoms with E-state index < -0.39 is 5.97 Å². The van der Waals surface area contributed by atoms with E-state index in [4.69, 9.17) is 5.11 Å². The Bertz CT molecular complexity index is 544. The molecule has 0 spiro atoms. The highest BCUT2D eigenvalue weighted by molar-refractivity contribution is 5.66. The minimum Gasteiger partial charge on any atom is -0.481 e. The van der Waals surface area contributed by atoms with Crippen LogP contribution in [-0.4, -0.2) is 29.1 Å². The van der Waals surface area contributed by atoms with E-state index >= 15 is 0 Å². The van der Waals surface area contributed by atoms with Gasteiger partial charge < -0.3 is 10.0 Å². The Morgan fingerprint density at radius 2 is 2.29 bits per heavy atom. The van der Waals surface area contributed by atoms with E-state index in [1.54, 1.807) is 19.1 Å². The number of nitrogens with zero attached hydrogens (tertiary/aromatic N) is 2. The largest absolute Gasteiger partial charge is 0.481 e. The first kappa shape index (κ1) is 15.3. The molecule has 1 aliphatic heterocycles. The quantitative estimate of drug-likeness (QED) is 0.666. The normalized spacial score (nSPS) is 18.5. The lowest BCUT2D eigenvalue weighted by atomic mass is 9.93. The van der Waals surface area contributed by atoms with Crippen LogP contribution in [0.3, 0.4) is 0 Å². The first-order valence-corrected chi connectivity index (χ1v) is 7.19. The molecule has 6 heteroatoms. The Morgan fingerprint density at radius 1 is 1.52 bits per heavy atom. The summed E-state index contributed by atoms with van der Waals surface area (Å²) in [7, 11) is 0. The van der Waals surface area contributed by atoms with E-state index in [1.165, 1.54) is 0 Å². The number of aryl methyl sites for hydroxylation is 1. The van der Waals surface area contributed by atoms with E-state index in [2.05, 4.69) is 4.90 Å². The fourth-order valence-corrected chi connectivity index (χ4v) is 2.90. The highest BCUT2D eigenvalue weighted by Gasteiger charge is 2.22. The summed E-state index contributed by atoms with van der Waals surface area (Å²) in [5.41, 5.74) is 1.78. The van der Waals surface area contributed by atoms with E-state index in [0.29, 0.717) is 17.9 Å². The van der Waals surface area contributed by atoms with Gasteiger partial charge >= 0.3 is 5.97 Å². The second-order valence-electron chi connectivity index (χ2n) is 5.61. The number of hydrogen-bond donors (Lipinski definition) is 1. The van der Waals surface area contributed by atoms with Crippen molar-refractivity contribution >= 4 is 17.3 Å². The standard InChI is InChI=1S/C15H20N2O4/c1-11-9-13(5-6-14(11)17(20)21)16-8-2-3-12(10-16)4-7-15(18)19/h5-6,9,12H,2-4,7-8,10H2,1H3,(H,18,19). The van der Waals surface area contributed by atoms with Gasteiger partial charge in [0.1, 0.15) is 0 Å². The van der Waals surface area contributed by atoms with Crippen LogP contribution in [0, 0.1) is 23.0 Å². The van der Waals surface area contributed by atoms with Gasteiger partial charge in [-0.25, -0.2) is 0 Å². The summed E-state index contributed by atoms with van der Waals surface area (Å²) in [5, 5.41) is 19.6. The van der Waals surface area contributed by atoms with Crippen molar-refractivity contribution in [1.82, 2.24) is 0 Å². The van der Waals surface area contributed by atoms with Crippen molar-refractivity contribution in [2.24, 2.45) is 5.92 Å². The molecule has 1 fully saturated rings. The fourth-order valence-electron chi connectivity index (χ4n) is 2.90. The number of rotatable bonds is 5. The average Bonchev–Trinajstić information content (AvgIpc) is 2.45. The summed E-state index contributed by atoms with van der Waals surface area (Å²) in [5.74, 6) is -0.372. The molecule has 0 aliphatic carbocycles. The summed E-state index contributed by atoms with van der Waals surface area (Å²) in [6.07, 6.45) is 2.98. The molecule has 2 rings (SSSR count). The zero-order chi connectivity index (χ0) is 15.4. The van der Waals surface area contributed by atoms with Gasteiger partial charge in [-0.3, -0.25) is 14.9 Å². The van der Waals surface area contributed by atoms with Gasteiger partial charge in [0.25, 0.3) is 5.69 Å². The van der Waals surface area contributed by atoms with Gasteiger partial charge in [-0.15, -0.1) is 0 Å². The maximum atomic E-state index is 10.8. The predicted molar refractivity (Wildman–Crippen MR) is 79.6 cm³/mol. The van der Waals surface area contributed by atoms with Crippen molar-refractivity contribution in [3.63, 3.8) is 0 Å². The van der Waals surface area contributed by atoms with Crippen LogP contribution in [0.4, 0.5) is 11.4 Å². The van der Waals surface area contributed by atoms with Crippen molar-refractivity contribution in [2.45, 2.75) is 32.6 Å². The van der Waals surface area contributed by atoms with Crippen LogP contribution >= 0.6 is 0 Å². The number of hydrogen-bond acceptors (Lipinski definition) is 4. The highest BCUT2D eigenvalue weighted by atomic mass is 16.6. The molecular formula is C15H20N2O4. The Hall–Kier alpha value is -2.11. The second-order valence-corrected chi connectivity index (χ2v) is 5.61. The molecule has 21 heavy (non-hydrogen) atoms. The highest BCUT2D eigenvalue weighted by Crippen LogP contribution is 2.29. The summed E-state index contributed by atoms with van der Waals surface area (Å²) >= 11 is 0. The van der Waals surface area contributed by atoms with Crippen molar-refractivity contribution < 1.29 is 14.8 Å². The van der Waals surface area contributed by atoms with Gasteiger partial charge in [-0.1, -0.05) is 0 Å². The summed E-state index contributed by atoms with van der Waals surface area (Å²) in [6.45, 7) is 3.48. The second kappa shape index (κ2) is 6.56. The van der Waals surface area contributed by atoms with E-state index in [0.717, 1.165) is 31.6 Å². The monoisotopic (exact) mass is 292 g/mol. The topological polar surface area (TPSA) is 83.7 Å². The van der Waals surface area contributed by atoms with Gasteiger partial charge in [0.05, 0.1) is 4.92 Å². The zero-order valence-corrected chi connectivity index (χ0v) is 12.1. The minimum atomic E-state index is -0.752. The molecule has 1 atom stereocenters. The SMILES string of the molecule is Cc1cc(N2CCCC(CCC(=O)O)C2)ccc1[N+](=O)[O-]. The smallest absolute Gasteiger partial charge is 0.303 e. The molecule has 1 saturated heterocycles. The lowest BCUT2D eigenvalue weighted by molar-refractivity contribution is -0.385. The van der Waals surface area contributed by atoms with E-state index in [9.17, 15) is 14.9 Å². The number of benzene rings is 1. The van der Waals surface area contributed by atoms with Crippen LogP contribution in [-0.2, 0) is 4.79 Å². The predicted octanol–water partition coefficient (Wildman–Crippen LogP) is 2.98. The number of aliphatic carboxylic acids is 1. The molecular weight excluding hydrogens is 272 g/mol. The molecule has 0 bridgehead atoms. The lowest BCUT2D eigenvalue weighted by Gasteiger charge is -2.34. The molecule has 1 N–H and O–H groups in total. The summed E-state index contributed by atoms with van der Waals surface area (Å²) < 4.78 is 0. The van der Waals surface area contributed by atoms with E-state index in [-0.39, 0.29) is 17.0 Å². The van der Waals surface area contributed by atoms with Crippen molar-refractivity contribution in [3.8, 4) is 0 Å². The van der Waals surface area contributed by atoms with Crippen LogP contribution in [0.2, 0.25) is 0 Å². The van der Waals surface area contributed by atoms with Gasteiger partial charge in [-0.05, 0) is 44.2 Å². The lowest BCUT2D eigenvalue weighted by Crippen LogP contribution is -2.35. The molecule has 6 nitrogen and oxygen atoms in total. The van der Waals surface area contributed by atoms with Crippen molar-refractivity contribution in [3.05, 3.63) is 33.9 Å². The summed E-state index contributed by atoms with van der Waals surface area (Å²) in [4.78, 5) is 23.3. The van der Waals surface area contributed by atoms with Crippen molar-refractivity contribution in [2.75, 3.05) is 18.0 Å². The molecule has 1 aromatic carbocycles. The van der Waals surface area contributed by atoms with Gasteiger partial charge in [0.2, 0.25) is 0 Å². The van der Waals surface area contributed by atoms with Gasteiger partial charge in [-0.2, -0.15) is 0 Å². The number of nitro benzene ring substituents is 1. The molecule has 0 amide bonds. The molecule has 0 aromatic heterocycles. The fraction of sp³-hybridized carbons (Fsp3) is 0.533. The number of carbonyl (C=O) groups is 1. The van der Waals surface area contributed by atoms with Crippen LogP contribution in [0.1, 0.15) is 31.2 Å². The third kappa shape index (κ3) is 3.93. The number of nitro groups is 1. The number of piperidine rings is 1. The first-order chi connectivity index (χ1) is 9.97. The van der Waals surface area contributed by atoms with E-state index in [1.807, 2.05) is 6.07 Å². The Balaban J connectivity index is 2.05.